The number of aliphatic hydroxyl groups excluding tert-OH is 1. The highest BCUT2D eigenvalue weighted by molar-refractivity contribution is 5.69. The molecule has 1 N–H and O–H groups in total. The predicted molar refractivity (Wildman–Crippen MR) is 77.8 cm³/mol. The van der Waals surface area contributed by atoms with Crippen LogP contribution in [0, 0.1) is 0 Å². The summed E-state index contributed by atoms with van der Waals surface area (Å²) in [6, 6.07) is 13.5. The van der Waals surface area contributed by atoms with E-state index in [0.717, 1.165) is 11.1 Å². The minimum Gasteiger partial charge on any atom is -0.396 e. The Hall–Kier alpha value is -2.13. The maximum Gasteiger partial charge on any atom is 0.251 e. The van der Waals surface area contributed by atoms with Crippen molar-refractivity contribution in [2.45, 2.75) is 13.0 Å². The topological polar surface area (TPSA) is 42.2 Å². The van der Waals surface area contributed by atoms with E-state index < -0.39 is 0 Å². The Bertz CT molecular complexity index is 600. The molecule has 0 aliphatic carbocycles. The Morgan fingerprint density at radius 1 is 1.05 bits per heavy atom. The van der Waals surface area contributed by atoms with Gasteiger partial charge in [0.1, 0.15) is 0 Å². The van der Waals surface area contributed by atoms with Gasteiger partial charge in [0.25, 0.3) is 5.56 Å². The smallest absolute Gasteiger partial charge is 0.251 e. The monoisotopic (exact) mass is 255 g/mol. The quantitative estimate of drug-likeness (QED) is 0.891. The fourth-order valence-corrected chi connectivity index (χ4v) is 1.81. The lowest BCUT2D eigenvalue weighted by atomic mass is 10.1. The lowest BCUT2D eigenvalue weighted by Gasteiger charge is -2.04. The first-order chi connectivity index (χ1) is 9.29. The fourth-order valence-electron chi connectivity index (χ4n) is 1.81. The van der Waals surface area contributed by atoms with Crippen molar-refractivity contribution in [1.29, 1.82) is 0 Å². The van der Waals surface area contributed by atoms with Crippen molar-refractivity contribution >= 4 is 12.2 Å². The van der Waals surface area contributed by atoms with Crippen LogP contribution in [0.1, 0.15) is 17.5 Å². The van der Waals surface area contributed by atoms with Gasteiger partial charge in [-0.05, 0) is 23.6 Å². The molecule has 2 rings (SSSR count). The summed E-state index contributed by atoms with van der Waals surface area (Å²) in [7, 11) is 0. The minimum absolute atomic E-state index is 0.0383. The van der Waals surface area contributed by atoms with E-state index in [1.165, 1.54) is 0 Å². The summed E-state index contributed by atoms with van der Waals surface area (Å²) >= 11 is 0. The molecule has 0 fully saturated rings. The van der Waals surface area contributed by atoms with E-state index in [-0.39, 0.29) is 12.2 Å². The Balaban J connectivity index is 2.12. The van der Waals surface area contributed by atoms with Gasteiger partial charge in [0.05, 0.1) is 0 Å². The van der Waals surface area contributed by atoms with Gasteiger partial charge in [-0.2, -0.15) is 0 Å². The summed E-state index contributed by atoms with van der Waals surface area (Å²) in [6.07, 6.45) is 6.27. The molecule has 98 valence electrons. The third-order valence-corrected chi connectivity index (χ3v) is 2.85. The average Bonchev–Trinajstić information content (AvgIpc) is 2.45. The molecule has 3 heteroatoms. The zero-order valence-electron chi connectivity index (χ0n) is 10.7. The van der Waals surface area contributed by atoms with Gasteiger partial charge in [-0.1, -0.05) is 42.5 Å². The van der Waals surface area contributed by atoms with Gasteiger partial charge in [-0.3, -0.25) is 4.79 Å². The third-order valence-electron chi connectivity index (χ3n) is 2.85. The minimum atomic E-state index is -0.0383. The van der Waals surface area contributed by atoms with Crippen molar-refractivity contribution in [3.63, 3.8) is 0 Å². The van der Waals surface area contributed by atoms with E-state index >= 15 is 0 Å². The SMILES string of the molecule is O=c1cc(/C=C/c2ccccc2)ccn1CCCO. The Morgan fingerprint density at radius 2 is 1.79 bits per heavy atom. The van der Waals surface area contributed by atoms with Crippen molar-refractivity contribution in [2.75, 3.05) is 6.61 Å². The van der Waals surface area contributed by atoms with E-state index in [9.17, 15) is 4.79 Å². The number of aromatic nitrogens is 1. The van der Waals surface area contributed by atoms with Crippen molar-refractivity contribution in [2.24, 2.45) is 0 Å². The zero-order chi connectivity index (χ0) is 13.5. The molecule has 0 unspecified atom stereocenters. The number of aliphatic hydroxyl groups is 1. The van der Waals surface area contributed by atoms with Crippen LogP contribution in [0.4, 0.5) is 0 Å². The van der Waals surface area contributed by atoms with Crippen LogP contribution in [0.3, 0.4) is 0 Å². The molecule has 3 nitrogen and oxygen atoms in total. The molecule has 2 aromatic rings. The first-order valence-electron chi connectivity index (χ1n) is 6.34. The Labute approximate surface area is 112 Å². The molecular weight excluding hydrogens is 238 g/mol. The lowest BCUT2D eigenvalue weighted by Crippen LogP contribution is -2.19. The van der Waals surface area contributed by atoms with Crippen LogP contribution in [0.2, 0.25) is 0 Å². The summed E-state index contributed by atoms with van der Waals surface area (Å²) < 4.78 is 1.61. The first-order valence-corrected chi connectivity index (χ1v) is 6.34. The molecule has 1 aromatic heterocycles. The van der Waals surface area contributed by atoms with E-state index in [1.54, 1.807) is 16.8 Å². The first kappa shape index (κ1) is 13.3. The molecule has 0 aliphatic heterocycles. The number of nitrogens with zero attached hydrogens (tertiary/aromatic N) is 1. The van der Waals surface area contributed by atoms with Gasteiger partial charge in [0, 0.05) is 25.4 Å². The zero-order valence-corrected chi connectivity index (χ0v) is 10.7. The lowest BCUT2D eigenvalue weighted by molar-refractivity contribution is 0.279. The summed E-state index contributed by atoms with van der Waals surface area (Å²) in [4.78, 5) is 11.8. The van der Waals surface area contributed by atoms with Crippen LogP contribution in [0.5, 0.6) is 0 Å². The molecule has 0 radical (unpaired) electrons. The Kier molecular flexibility index (Phi) is 4.70. The van der Waals surface area contributed by atoms with Gasteiger partial charge < -0.3 is 9.67 Å². The molecule has 0 spiro atoms. The molecule has 0 amide bonds. The molecule has 0 saturated carbocycles. The van der Waals surface area contributed by atoms with Crippen LogP contribution < -0.4 is 5.56 Å². The largest absolute Gasteiger partial charge is 0.396 e. The molecule has 0 bridgehead atoms. The summed E-state index contributed by atoms with van der Waals surface area (Å²) in [5.41, 5.74) is 1.95. The molecule has 1 heterocycles. The molecule has 0 atom stereocenters. The van der Waals surface area contributed by atoms with Crippen LogP contribution in [0.15, 0.2) is 53.5 Å². The fraction of sp³-hybridized carbons (Fsp3) is 0.188. The van der Waals surface area contributed by atoms with Crippen molar-refractivity contribution in [3.8, 4) is 0 Å². The van der Waals surface area contributed by atoms with Crippen LogP contribution in [-0.2, 0) is 6.54 Å². The number of aryl methyl sites for hydroxylation is 1. The number of hydrogen-bond acceptors (Lipinski definition) is 2. The second kappa shape index (κ2) is 6.71. The van der Waals surface area contributed by atoms with Crippen molar-refractivity contribution in [3.05, 3.63) is 70.1 Å². The normalized spacial score (nSPS) is 11.0. The summed E-state index contributed by atoms with van der Waals surface area (Å²) in [5.74, 6) is 0. The third kappa shape index (κ3) is 3.93. The molecule has 0 aliphatic rings. The number of benzene rings is 1. The number of rotatable bonds is 5. The van der Waals surface area contributed by atoms with Gasteiger partial charge in [-0.15, -0.1) is 0 Å². The highest BCUT2D eigenvalue weighted by atomic mass is 16.3. The van der Waals surface area contributed by atoms with E-state index in [0.29, 0.717) is 13.0 Å². The second-order valence-corrected chi connectivity index (χ2v) is 4.31. The van der Waals surface area contributed by atoms with E-state index in [1.807, 2.05) is 48.6 Å². The Morgan fingerprint density at radius 3 is 2.47 bits per heavy atom. The average molecular weight is 255 g/mol. The maximum atomic E-state index is 11.8. The van der Waals surface area contributed by atoms with Crippen LogP contribution in [0.25, 0.3) is 12.2 Å². The van der Waals surface area contributed by atoms with E-state index in [2.05, 4.69) is 0 Å². The number of pyridine rings is 1. The van der Waals surface area contributed by atoms with Gasteiger partial charge in [0.2, 0.25) is 0 Å². The summed E-state index contributed by atoms with van der Waals surface area (Å²) in [5, 5.41) is 8.76. The standard InChI is InChI=1S/C16H17NO2/c18-12-4-10-17-11-9-15(13-16(17)19)8-7-14-5-2-1-3-6-14/h1-3,5-9,11,13,18H,4,10,12H2/b8-7+. The van der Waals surface area contributed by atoms with Crippen LogP contribution in [-0.4, -0.2) is 16.3 Å². The molecule has 1 aromatic carbocycles. The molecule has 19 heavy (non-hydrogen) atoms. The van der Waals surface area contributed by atoms with E-state index in [4.69, 9.17) is 5.11 Å². The van der Waals surface area contributed by atoms with Gasteiger partial charge in [-0.25, -0.2) is 0 Å². The highest BCUT2D eigenvalue weighted by Gasteiger charge is 1.96. The second-order valence-electron chi connectivity index (χ2n) is 4.31. The van der Waals surface area contributed by atoms with Crippen molar-refractivity contribution in [1.82, 2.24) is 4.57 Å². The van der Waals surface area contributed by atoms with Gasteiger partial charge in [0.15, 0.2) is 0 Å². The molecular formula is C16H17NO2. The highest BCUT2D eigenvalue weighted by Crippen LogP contribution is 2.06. The number of hydrogen-bond donors (Lipinski definition) is 1. The predicted octanol–water partition coefficient (Wildman–Crippen LogP) is 2.40. The van der Waals surface area contributed by atoms with Crippen LogP contribution >= 0.6 is 0 Å². The summed E-state index contributed by atoms with van der Waals surface area (Å²) in [6.45, 7) is 0.653. The van der Waals surface area contributed by atoms with Crippen molar-refractivity contribution < 1.29 is 5.11 Å². The maximum absolute atomic E-state index is 11.8. The van der Waals surface area contributed by atoms with Gasteiger partial charge >= 0.3 is 0 Å². The molecule has 0 saturated heterocycles.